The Hall–Kier alpha value is -4.16. The molecule has 4 atom stereocenters. The number of ether oxygens (including phenoxy) is 4. The van der Waals surface area contributed by atoms with E-state index >= 15 is 0 Å². The van der Waals surface area contributed by atoms with Gasteiger partial charge in [-0.05, 0) is 48.2 Å². The number of aryl methyl sites for hydroxylation is 1. The number of nitrogens with one attached hydrogen (secondary N) is 1. The fraction of sp³-hybridized carbons (Fsp3) is 0.308. The Bertz CT molecular complexity index is 1440. The van der Waals surface area contributed by atoms with Gasteiger partial charge < -0.3 is 24.1 Å². The van der Waals surface area contributed by atoms with Gasteiger partial charge in [-0.15, -0.1) is 11.3 Å². The van der Waals surface area contributed by atoms with Crippen LogP contribution in [0.4, 0.5) is 5.69 Å². The lowest BCUT2D eigenvalue weighted by molar-refractivity contribution is -0.385. The molecule has 0 aliphatic carbocycles. The maximum atomic E-state index is 14.2. The van der Waals surface area contributed by atoms with Crippen molar-refractivity contribution in [1.82, 2.24) is 5.32 Å². The predicted molar refractivity (Wildman–Crippen MR) is 136 cm³/mol. The van der Waals surface area contributed by atoms with E-state index in [2.05, 4.69) is 5.32 Å². The van der Waals surface area contributed by atoms with E-state index in [0.29, 0.717) is 11.5 Å². The Morgan fingerprint density at radius 2 is 1.82 bits per heavy atom. The molecule has 2 aliphatic heterocycles. The summed E-state index contributed by atoms with van der Waals surface area (Å²) in [6, 6.07) is 7.04. The lowest BCUT2D eigenvalue weighted by atomic mass is 9.77. The van der Waals surface area contributed by atoms with Gasteiger partial charge in [0.05, 0.1) is 42.7 Å². The third kappa shape index (κ3) is 4.21. The van der Waals surface area contributed by atoms with Crippen LogP contribution < -0.4 is 24.3 Å². The zero-order valence-corrected chi connectivity index (χ0v) is 21.4. The number of nitro benzene ring substituents is 1. The molecule has 3 heterocycles. The van der Waals surface area contributed by atoms with Crippen LogP contribution in [0.5, 0.6) is 23.0 Å². The molecule has 5 rings (SSSR count). The molecule has 0 spiro atoms. The predicted octanol–water partition coefficient (Wildman–Crippen LogP) is 4.09. The summed E-state index contributed by atoms with van der Waals surface area (Å²) in [6.07, 6.45) is 0. The van der Waals surface area contributed by atoms with Crippen molar-refractivity contribution in [3.05, 3.63) is 73.5 Å². The third-order valence-electron chi connectivity index (χ3n) is 6.96. The van der Waals surface area contributed by atoms with Gasteiger partial charge in [-0.1, -0.05) is 0 Å². The fourth-order valence-corrected chi connectivity index (χ4v) is 6.32. The molecule has 0 saturated carbocycles. The van der Waals surface area contributed by atoms with Crippen LogP contribution in [0.2, 0.25) is 0 Å². The SMILES string of the molecule is COc1cc(C2NC(C(=O)O)C(c3sccc3C)C2C(=O)c2ccc3c(c2)OCO3)c([N+](=O)[O-])cc1OC. The van der Waals surface area contributed by atoms with E-state index in [-0.39, 0.29) is 40.9 Å². The van der Waals surface area contributed by atoms with Crippen LogP contribution in [0.15, 0.2) is 41.8 Å². The van der Waals surface area contributed by atoms with Gasteiger partial charge in [-0.2, -0.15) is 0 Å². The minimum absolute atomic E-state index is 0.0243. The molecule has 0 amide bonds. The zero-order chi connectivity index (χ0) is 27.1. The maximum absolute atomic E-state index is 14.2. The molecule has 1 fully saturated rings. The number of nitrogens with zero attached hydrogens (tertiary/aromatic N) is 1. The first-order chi connectivity index (χ1) is 18.2. The average Bonchev–Trinajstić information content (AvgIpc) is 3.64. The summed E-state index contributed by atoms with van der Waals surface area (Å²) < 4.78 is 21.4. The molecule has 1 aromatic heterocycles. The molecule has 2 aromatic carbocycles. The minimum atomic E-state index is -1.19. The van der Waals surface area contributed by atoms with Crippen LogP contribution in [0, 0.1) is 23.0 Å². The Morgan fingerprint density at radius 3 is 2.45 bits per heavy atom. The summed E-state index contributed by atoms with van der Waals surface area (Å²) in [5.41, 5.74) is 0.907. The molecule has 3 aromatic rings. The van der Waals surface area contributed by atoms with E-state index in [0.717, 1.165) is 10.4 Å². The molecule has 1 saturated heterocycles. The highest BCUT2D eigenvalue weighted by Gasteiger charge is 2.53. The second-order valence-corrected chi connectivity index (χ2v) is 9.88. The second-order valence-electron chi connectivity index (χ2n) is 8.94. The van der Waals surface area contributed by atoms with E-state index in [9.17, 15) is 24.8 Å². The summed E-state index contributed by atoms with van der Waals surface area (Å²) in [7, 11) is 2.75. The smallest absolute Gasteiger partial charge is 0.321 e. The number of hydrogen-bond donors (Lipinski definition) is 2. The van der Waals surface area contributed by atoms with Gasteiger partial charge in [-0.25, -0.2) is 0 Å². The molecule has 2 aliphatic rings. The van der Waals surface area contributed by atoms with Crippen molar-refractivity contribution >= 4 is 28.8 Å². The molecule has 38 heavy (non-hydrogen) atoms. The highest BCUT2D eigenvalue weighted by atomic mass is 32.1. The van der Waals surface area contributed by atoms with E-state index in [1.807, 2.05) is 18.4 Å². The number of hydrogen-bond acceptors (Lipinski definition) is 10. The normalized spacial score (nSPS) is 21.8. The van der Waals surface area contributed by atoms with Crippen LogP contribution in [-0.2, 0) is 4.79 Å². The molecule has 11 nitrogen and oxygen atoms in total. The van der Waals surface area contributed by atoms with Crippen LogP contribution in [0.25, 0.3) is 0 Å². The Labute approximate surface area is 221 Å². The molecule has 12 heteroatoms. The summed E-state index contributed by atoms with van der Waals surface area (Å²) in [5.74, 6) is -2.12. The molecule has 0 bridgehead atoms. The first kappa shape index (κ1) is 25.5. The number of carbonyl (C=O) groups is 2. The summed E-state index contributed by atoms with van der Waals surface area (Å²) in [5, 5.41) is 27.2. The molecular formula is C26H24N2O9S. The average molecular weight is 541 g/mol. The van der Waals surface area contributed by atoms with E-state index in [1.54, 1.807) is 18.2 Å². The minimum Gasteiger partial charge on any atom is -0.493 e. The van der Waals surface area contributed by atoms with Crippen molar-refractivity contribution in [2.45, 2.75) is 24.9 Å². The Morgan fingerprint density at radius 1 is 1.11 bits per heavy atom. The lowest BCUT2D eigenvalue weighted by Gasteiger charge is -2.24. The van der Waals surface area contributed by atoms with Crippen molar-refractivity contribution in [1.29, 1.82) is 0 Å². The third-order valence-corrected chi connectivity index (χ3v) is 8.08. The van der Waals surface area contributed by atoms with Gasteiger partial charge in [0, 0.05) is 16.4 Å². The number of rotatable bonds is 8. The number of thiophene rings is 1. The van der Waals surface area contributed by atoms with Crippen LogP contribution >= 0.6 is 11.3 Å². The standard InChI is InChI=1S/C26H24N2O9S/c1-12-6-7-38-25(12)21-20(24(29)13-4-5-16-19(8-13)37-11-36-16)22(27-23(21)26(30)31)14-9-17(34-2)18(35-3)10-15(14)28(32)33/h4-10,20-23,27H,11H2,1-3H3,(H,30,31). The molecule has 4 unspecified atom stereocenters. The van der Waals surface area contributed by atoms with Gasteiger partial charge in [0.15, 0.2) is 28.8 Å². The van der Waals surface area contributed by atoms with Gasteiger partial charge >= 0.3 is 5.97 Å². The largest absolute Gasteiger partial charge is 0.493 e. The lowest BCUT2D eigenvalue weighted by Crippen LogP contribution is -2.35. The van der Waals surface area contributed by atoms with Crippen molar-refractivity contribution in [2.24, 2.45) is 5.92 Å². The highest BCUT2D eigenvalue weighted by Crippen LogP contribution is 2.51. The number of carboxylic acids is 1. The van der Waals surface area contributed by atoms with Gasteiger partial charge in [0.1, 0.15) is 6.04 Å². The fourth-order valence-electron chi connectivity index (χ4n) is 5.21. The number of nitro groups is 1. The number of methoxy groups -OCH3 is 2. The molecule has 2 N–H and O–H groups in total. The molecule has 198 valence electrons. The number of aliphatic carboxylic acids is 1. The summed E-state index contributed by atoms with van der Waals surface area (Å²) in [4.78, 5) is 39.0. The topological polar surface area (TPSA) is 146 Å². The second kappa shape index (κ2) is 9.95. The van der Waals surface area contributed by atoms with Gasteiger partial charge in [0.2, 0.25) is 6.79 Å². The maximum Gasteiger partial charge on any atom is 0.321 e. The van der Waals surface area contributed by atoms with Crippen LogP contribution in [-0.4, -0.2) is 48.8 Å². The van der Waals surface area contributed by atoms with Gasteiger partial charge in [-0.3, -0.25) is 25.0 Å². The van der Waals surface area contributed by atoms with E-state index < -0.39 is 34.8 Å². The number of Topliss-reactive ketones (excluding diaryl/α,β-unsaturated/α-hetero) is 1. The monoisotopic (exact) mass is 540 g/mol. The van der Waals surface area contributed by atoms with Crippen molar-refractivity contribution < 1.29 is 38.6 Å². The van der Waals surface area contributed by atoms with Crippen molar-refractivity contribution in [3.63, 3.8) is 0 Å². The van der Waals surface area contributed by atoms with Crippen LogP contribution in [0.1, 0.15) is 38.3 Å². The summed E-state index contributed by atoms with van der Waals surface area (Å²) >= 11 is 1.35. The summed E-state index contributed by atoms with van der Waals surface area (Å²) in [6.45, 7) is 1.87. The highest BCUT2D eigenvalue weighted by molar-refractivity contribution is 7.10. The number of benzene rings is 2. The van der Waals surface area contributed by atoms with E-state index in [1.165, 1.54) is 37.7 Å². The number of carbonyl (C=O) groups excluding carboxylic acids is 1. The van der Waals surface area contributed by atoms with Gasteiger partial charge in [0.25, 0.3) is 5.69 Å². The van der Waals surface area contributed by atoms with E-state index in [4.69, 9.17) is 18.9 Å². The number of ketones is 1. The molecule has 0 radical (unpaired) electrons. The molecular weight excluding hydrogens is 516 g/mol. The quantitative estimate of drug-likeness (QED) is 0.243. The van der Waals surface area contributed by atoms with Crippen LogP contribution in [0.3, 0.4) is 0 Å². The Balaban J connectivity index is 1.72. The number of carboxylic acid groups (broad SMARTS) is 1. The Kier molecular flexibility index (Phi) is 6.67. The number of fused-ring (bicyclic) bond motifs is 1. The first-order valence-electron chi connectivity index (χ1n) is 11.6. The zero-order valence-electron chi connectivity index (χ0n) is 20.6. The first-order valence-corrected chi connectivity index (χ1v) is 12.5. The van der Waals surface area contributed by atoms with Crippen molar-refractivity contribution in [3.8, 4) is 23.0 Å². The van der Waals surface area contributed by atoms with Crippen molar-refractivity contribution in [2.75, 3.05) is 21.0 Å².